The van der Waals surface area contributed by atoms with E-state index in [0.717, 1.165) is 12.1 Å². The number of ether oxygens (including phenoxy) is 1. The average Bonchev–Trinajstić information content (AvgIpc) is 2.43. The molecule has 0 radical (unpaired) electrons. The Morgan fingerprint density at radius 2 is 1.70 bits per heavy atom. The van der Waals surface area contributed by atoms with Crippen LogP contribution < -0.4 is 10.1 Å². The molecule has 0 spiro atoms. The quantitative estimate of drug-likeness (QED) is 0.903. The number of phenolic OH excluding ortho intramolecular Hbond substituents is 1. The van der Waals surface area contributed by atoms with Crippen molar-refractivity contribution in [3.63, 3.8) is 0 Å². The third kappa shape index (κ3) is 2.96. The molecule has 2 aromatic carbocycles. The van der Waals surface area contributed by atoms with Crippen LogP contribution in [0.4, 0.5) is 18.9 Å². The van der Waals surface area contributed by atoms with Gasteiger partial charge in [0.15, 0.2) is 17.4 Å². The number of halogens is 3. The fourth-order valence-corrected chi connectivity index (χ4v) is 1.68. The molecule has 0 amide bonds. The van der Waals surface area contributed by atoms with E-state index in [2.05, 4.69) is 5.32 Å². The van der Waals surface area contributed by atoms with Gasteiger partial charge in [0.1, 0.15) is 11.6 Å². The summed E-state index contributed by atoms with van der Waals surface area (Å²) in [4.78, 5) is 0. The molecule has 0 aliphatic rings. The Kier molecular flexibility index (Phi) is 4.02. The lowest BCUT2D eigenvalue weighted by Gasteiger charge is -2.10. The van der Waals surface area contributed by atoms with E-state index in [1.165, 1.54) is 25.3 Å². The molecule has 0 saturated heterocycles. The molecular formula is C14H12F3NO2. The molecule has 0 bridgehead atoms. The van der Waals surface area contributed by atoms with E-state index in [-0.39, 0.29) is 17.8 Å². The van der Waals surface area contributed by atoms with Gasteiger partial charge >= 0.3 is 0 Å². The van der Waals surface area contributed by atoms with Gasteiger partial charge in [0, 0.05) is 12.6 Å². The van der Waals surface area contributed by atoms with Crippen molar-refractivity contribution in [2.24, 2.45) is 0 Å². The standard InChI is InChI=1S/C14H12F3NO2/c1-20-9-2-3-10(15)13(6-9)18-7-8-4-11(16)14(19)12(17)5-8/h2-6,18-19H,7H2,1H3. The molecule has 0 aliphatic heterocycles. The predicted octanol–water partition coefficient (Wildman–Crippen LogP) is 3.43. The molecule has 0 aromatic heterocycles. The van der Waals surface area contributed by atoms with Crippen LogP contribution in [-0.2, 0) is 6.54 Å². The first-order chi connectivity index (χ1) is 9.51. The molecule has 6 heteroatoms. The number of phenols is 1. The van der Waals surface area contributed by atoms with E-state index < -0.39 is 23.2 Å². The maximum absolute atomic E-state index is 13.5. The van der Waals surface area contributed by atoms with Gasteiger partial charge in [-0.3, -0.25) is 0 Å². The lowest BCUT2D eigenvalue weighted by Crippen LogP contribution is -2.03. The number of anilines is 1. The molecular weight excluding hydrogens is 271 g/mol. The maximum Gasteiger partial charge on any atom is 0.187 e. The van der Waals surface area contributed by atoms with Gasteiger partial charge in [-0.25, -0.2) is 13.2 Å². The second kappa shape index (κ2) is 5.73. The Bertz CT molecular complexity index is 609. The van der Waals surface area contributed by atoms with Crippen LogP contribution in [0.25, 0.3) is 0 Å². The number of aromatic hydroxyl groups is 1. The van der Waals surface area contributed by atoms with Gasteiger partial charge in [0.25, 0.3) is 0 Å². The summed E-state index contributed by atoms with van der Waals surface area (Å²) >= 11 is 0. The van der Waals surface area contributed by atoms with Crippen LogP contribution in [0.3, 0.4) is 0 Å². The molecule has 3 nitrogen and oxygen atoms in total. The van der Waals surface area contributed by atoms with Gasteiger partial charge in [-0.15, -0.1) is 0 Å². The number of benzene rings is 2. The van der Waals surface area contributed by atoms with Crippen molar-refractivity contribution in [3.05, 3.63) is 53.3 Å². The van der Waals surface area contributed by atoms with E-state index in [0.29, 0.717) is 5.75 Å². The molecule has 0 saturated carbocycles. The number of rotatable bonds is 4. The van der Waals surface area contributed by atoms with Crippen molar-refractivity contribution < 1.29 is 23.0 Å². The highest BCUT2D eigenvalue weighted by atomic mass is 19.1. The lowest BCUT2D eigenvalue weighted by atomic mass is 10.2. The summed E-state index contributed by atoms with van der Waals surface area (Å²) in [6.45, 7) is -0.00178. The van der Waals surface area contributed by atoms with Crippen molar-refractivity contribution >= 4 is 5.69 Å². The summed E-state index contributed by atoms with van der Waals surface area (Å²) in [7, 11) is 1.45. The molecule has 2 N–H and O–H groups in total. The molecule has 2 aromatic rings. The molecule has 0 heterocycles. The van der Waals surface area contributed by atoms with E-state index in [1.54, 1.807) is 0 Å². The lowest BCUT2D eigenvalue weighted by molar-refractivity contribution is 0.395. The van der Waals surface area contributed by atoms with Crippen molar-refractivity contribution in [1.29, 1.82) is 0 Å². The number of hydrogen-bond donors (Lipinski definition) is 2. The second-order valence-corrected chi connectivity index (χ2v) is 4.11. The highest BCUT2D eigenvalue weighted by Crippen LogP contribution is 2.24. The second-order valence-electron chi connectivity index (χ2n) is 4.11. The Hall–Kier alpha value is -2.37. The fraction of sp³-hybridized carbons (Fsp3) is 0.143. The Labute approximate surface area is 113 Å². The smallest absolute Gasteiger partial charge is 0.187 e. The van der Waals surface area contributed by atoms with Crippen LogP contribution >= 0.6 is 0 Å². The van der Waals surface area contributed by atoms with Crippen LogP contribution in [-0.4, -0.2) is 12.2 Å². The molecule has 0 atom stereocenters. The molecule has 0 fully saturated rings. The SMILES string of the molecule is COc1ccc(F)c(NCc2cc(F)c(O)c(F)c2)c1. The van der Waals surface area contributed by atoms with E-state index in [4.69, 9.17) is 9.84 Å². The molecule has 106 valence electrons. The van der Waals surface area contributed by atoms with Crippen LogP contribution in [0.1, 0.15) is 5.56 Å². The van der Waals surface area contributed by atoms with Crippen LogP contribution in [0.15, 0.2) is 30.3 Å². The average molecular weight is 283 g/mol. The van der Waals surface area contributed by atoms with Crippen LogP contribution in [0.2, 0.25) is 0 Å². The molecule has 0 unspecified atom stereocenters. The van der Waals surface area contributed by atoms with Gasteiger partial charge in [-0.2, -0.15) is 0 Å². The van der Waals surface area contributed by atoms with Crippen LogP contribution in [0, 0.1) is 17.5 Å². The first kappa shape index (κ1) is 14.0. The van der Waals surface area contributed by atoms with Crippen molar-refractivity contribution in [3.8, 4) is 11.5 Å². The summed E-state index contributed by atoms with van der Waals surface area (Å²) < 4.78 is 44.8. The highest BCUT2D eigenvalue weighted by Gasteiger charge is 2.10. The first-order valence-corrected chi connectivity index (χ1v) is 5.75. The van der Waals surface area contributed by atoms with Gasteiger partial charge in [0.2, 0.25) is 0 Å². The number of methoxy groups -OCH3 is 1. The zero-order chi connectivity index (χ0) is 14.7. The van der Waals surface area contributed by atoms with E-state index in [1.807, 2.05) is 0 Å². The number of nitrogens with one attached hydrogen (secondary N) is 1. The van der Waals surface area contributed by atoms with Gasteiger partial charge in [-0.05, 0) is 29.8 Å². The molecule has 20 heavy (non-hydrogen) atoms. The zero-order valence-corrected chi connectivity index (χ0v) is 10.6. The maximum atomic E-state index is 13.5. The normalized spacial score (nSPS) is 10.4. The minimum atomic E-state index is -1.06. The van der Waals surface area contributed by atoms with Crippen molar-refractivity contribution in [2.75, 3.05) is 12.4 Å². The molecule has 0 aliphatic carbocycles. The Morgan fingerprint density at radius 1 is 1.05 bits per heavy atom. The molecule has 2 rings (SSSR count). The van der Waals surface area contributed by atoms with Gasteiger partial charge in [0.05, 0.1) is 12.8 Å². The fourth-order valence-electron chi connectivity index (χ4n) is 1.68. The minimum absolute atomic E-state index is 0.00178. The third-order valence-electron chi connectivity index (χ3n) is 2.73. The van der Waals surface area contributed by atoms with E-state index in [9.17, 15) is 13.2 Å². The summed E-state index contributed by atoms with van der Waals surface area (Å²) in [6.07, 6.45) is 0. The van der Waals surface area contributed by atoms with Gasteiger partial charge < -0.3 is 15.2 Å². The Balaban J connectivity index is 2.16. The highest BCUT2D eigenvalue weighted by molar-refractivity contribution is 5.50. The summed E-state index contributed by atoms with van der Waals surface area (Å²) in [5.74, 6) is -3.20. The zero-order valence-electron chi connectivity index (χ0n) is 10.6. The van der Waals surface area contributed by atoms with Crippen molar-refractivity contribution in [1.82, 2.24) is 0 Å². The monoisotopic (exact) mass is 283 g/mol. The first-order valence-electron chi connectivity index (χ1n) is 5.75. The third-order valence-corrected chi connectivity index (χ3v) is 2.73. The van der Waals surface area contributed by atoms with E-state index >= 15 is 0 Å². The summed E-state index contributed by atoms with van der Waals surface area (Å²) in [5, 5.41) is 11.7. The number of hydrogen-bond acceptors (Lipinski definition) is 3. The summed E-state index contributed by atoms with van der Waals surface area (Å²) in [6, 6.07) is 6.06. The minimum Gasteiger partial charge on any atom is -0.503 e. The van der Waals surface area contributed by atoms with Crippen molar-refractivity contribution in [2.45, 2.75) is 6.54 Å². The predicted molar refractivity (Wildman–Crippen MR) is 68.3 cm³/mol. The van der Waals surface area contributed by atoms with Crippen LogP contribution in [0.5, 0.6) is 11.5 Å². The largest absolute Gasteiger partial charge is 0.503 e. The summed E-state index contributed by atoms with van der Waals surface area (Å²) in [5.41, 5.74) is 0.387. The van der Waals surface area contributed by atoms with Gasteiger partial charge in [-0.1, -0.05) is 0 Å². The topological polar surface area (TPSA) is 41.5 Å². The Morgan fingerprint density at radius 3 is 2.30 bits per heavy atom.